The summed E-state index contributed by atoms with van der Waals surface area (Å²) in [5.74, 6) is -0.183. The van der Waals surface area contributed by atoms with Crippen LogP contribution in [0.2, 0.25) is 5.02 Å². The van der Waals surface area contributed by atoms with Crippen LogP contribution in [0.4, 0.5) is 5.69 Å². The molecule has 0 unspecified atom stereocenters. The first-order chi connectivity index (χ1) is 12.2. The standard InChI is InChI=1S/C20H20ClN3O/c21-18-15-8-2-3-9-16(15)23-19(18)20(25)22-13-14-7-1-4-10-17(14)24-11-5-6-12-24/h1-4,7-10,23H,5-6,11-13H2,(H,22,25). The summed E-state index contributed by atoms with van der Waals surface area (Å²) in [5.41, 5.74) is 3.63. The summed E-state index contributed by atoms with van der Waals surface area (Å²) < 4.78 is 0. The molecule has 1 aliphatic heterocycles. The third-order valence-corrected chi connectivity index (χ3v) is 5.14. The second-order valence-corrected chi connectivity index (χ2v) is 6.74. The van der Waals surface area contributed by atoms with Crippen molar-refractivity contribution >= 4 is 34.1 Å². The minimum absolute atomic E-state index is 0.183. The van der Waals surface area contributed by atoms with E-state index in [0.29, 0.717) is 17.3 Å². The molecule has 0 spiro atoms. The lowest BCUT2D eigenvalue weighted by Gasteiger charge is -2.21. The number of aromatic nitrogens is 1. The van der Waals surface area contributed by atoms with Crippen LogP contribution in [0.3, 0.4) is 0 Å². The van der Waals surface area contributed by atoms with Crippen molar-refractivity contribution in [2.75, 3.05) is 18.0 Å². The summed E-state index contributed by atoms with van der Waals surface area (Å²) in [6.45, 7) is 2.65. The van der Waals surface area contributed by atoms with Crippen LogP contribution < -0.4 is 10.2 Å². The van der Waals surface area contributed by atoms with E-state index < -0.39 is 0 Å². The Kier molecular flexibility index (Phi) is 4.36. The van der Waals surface area contributed by atoms with E-state index in [1.165, 1.54) is 18.5 Å². The van der Waals surface area contributed by atoms with Crippen molar-refractivity contribution in [3.05, 3.63) is 64.8 Å². The van der Waals surface area contributed by atoms with Crippen LogP contribution in [0.5, 0.6) is 0 Å². The molecule has 0 bridgehead atoms. The average Bonchev–Trinajstić information content (AvgIpc) is 3.29. The van der Waals surface area contributed by atoms with Crippen molar-refractivity contribution in [2.24, 2.45) is 0 Å². The summed E-state index contributed by atoms with van der Waals surface area (Å²) in [6, 6.07) is 15.9. The Bertz CT molecular complexity index is 912. The Labute approximate surface area is 151 Å². The Morgan fingerprint density at radius 3 is 2.60 bits per heavy atom. The quantitative estimate of drug-likeness (QED) is 0.732. The number of amides is 1. The van der Waals surface area contributed by atoms with Gasteiger partial charge in [0.2, 0.25) is 0 Å². The van der Waals surface area contributed by atoms with Crippen molar-refractivity contribution in [1.82, 2.24) is 10.3 Å². The smallest absolute Gasteiger partial charge is 0.269 e. The number of fused-ring (bicyclic) bond motifs is 1. The van der Waals surface area contributed by atoms with E-state index in [1.807, 2.05) is 36.4 Å². The van der Waals surface area contributed by atoms with Crippen LogP contribution in [0, 0.1) is 0 Å². The van der Waals surface area contributed by atoms with Gasteiger partial charge in [-0.3, -0.25) is 4.79 Å². The van der Waals surface area contributed by atoms with Crippen molar-refractivity contribution in [3.8, 4) is 0 Å². The third-order valence-electron chi connectivity index (χ3n) is 4.75. The lowest BCUT2D eigenvalue weighted by Crippen LogP contribution is -2.26. The Morgan fingerprint density at radius 2 is 1.80 bits per heavy atom. The van der Waals surface area contributed by atoms with E-state index in [1.54, 1.807) is 0 Å². The number of halogens is 1. The maximum atomic E-state index is 12.6. The molecule has 0 saturated carbocycles. The summed E-state index contributed by atoms with van der Waals surface area (Å²) in [5, 5.41) is 4.34. The number of rotatable bonds is 4. The lowest BCUT2D eigenvalue weighted by atomic mass is 10.1. The van der Waals surface area contributed by atoms with Gasteiger partial charge in [0.25, 0.3) is 5.91 Å². The zero-order valence-corrected chi connectivity index (χ0v) is 14.6. The van der Waals surface area contributed by atoms with Gasteiger partial charge in [0, 0.05) is 36.2 Å². The van der Waals surface area contributed by atoms with E-state index in [2.05, 4.69) is 27.3 Å². The molecule has 2 heterocycles. The molecule has 25 heavy (non-hydrogen) atoms. The van der Waals surface area contributed by atoms with Gasteiger partial charge in [-0.05, 0) is 30.5 Å². The Balaban J connectivity index is 1.53. The molecule has 1 amide bonds. The van der Waals surface area contributed by atoms with E-state index in [0.717, 1.165) is 29.6 Å². The molecule has 4 nitrogen and oxygen atoms in total. The highest BCUT2D eigenvalue weighted by atomic mass is 35.5. The summed E-state index contributed by atoms with van der Waals surface area (Å²) in [6.07, 6.45) is 2.46. The highest BCUT2D eigenvalue weighted by molar-refractivity contribution is 6.38. The Morgan fingerprint density at radius 1 is 1.08 bits per heavy atom. The minimum Gasteiger partial charge on any atom is -0.371 e. The molecule has 1 aliphatic rings. The lowest BCUT2D eigenvalue weighted by molar-refractivity contribution is 0.0947. The zero-order chi connectivity index (χ0) is 17.2. The van der Waals surface area contributed by atoms with Crippen molar-refractivity contribution < 1.29 is 4.79 Å². The summed E-state index contributed by atoms with van der Waals surface area (Å²) in [7, 11) is 0. The van der Waals surface area contributed by atoms with E-state index in [9.17, 15) is 4.79 Å². The molecular weight excluding hydrogens is 334 g/mol. The predicted molar refractivity (Wildman–Crippen MR) is 102 cm³/mol. The molecule has 1 fully saturated rings. The molecule has 2 aromatic carbocycles. The molecule has 5 heteroatoms. The van der Waals surface area contributed by atoms with Crippen molar-refractivity contribution in [1.29, 1.82) is 0 Å². The number of nitrogens with zero attached hydrogens (tertiary/aromatic N) is 1. The molecule has 3 aromatic rings. The number of H-pyrrole nitrogens is 1. The van der Waals surface area contributed by atoms with E-state index in [-0.39, 0.29) is 5.91 Å². The van der Waals surface area contributed by atoms with Gasteiger partial charge in [-0.2, -0.15) is 0 Å². The van der Waals surface area contributed by atoms with Crippen LogP contribution in [0.25, 0.3) is 10.9 Å². The van der Waals surface area contributed by atoms with Gasteiger partial charge >= 0.3 is 0 Å². The van der Waals surface area contributed by atoms with Crippen LogP contribution >= 0.6 is 11.6 Å². The van der Waals surface area contributed by atoms with Crippen molar-refractivity contribution in [2.45, 2.75) is 19.4 Å². The van der Waals surface area contributed by atoms with Gasteiger partial charge in [-0.1, -0.05) is 48.0 Å². The number of nitrogens with one attached hydrogen (secondary N) is 2. The molecule has 1 aromatic heterocycles. The van der Waals surface area contributed by atoms with Gasteiger partial charge in [0.1, 0.15) is 5.69 Å². The van der Waals surface area contributed by atoms with Crippen molar-refractivity contribution in [3.63, 3.8) is 0 Å². The van der Waals surface area contributed by atoms with Gasteiger partial charge in [0.05, 0.1) is 5.02 Å². The minimum atomic E-state index is -0.183. The van der Waals surface area contributed by atoms with Gasteiger partial charge < -0.3 is 15.2 Å². The second kappa shape index (κ2) is 6.81. The largest absolute Gasteiger partial charge is 0.371 e. The molecular formula is C20H20ClN3O. The van der Waals surface area contributed by atoms with Gasteiger partial charge in [-0.25, -0.2) is 0 Å². The number of hydrogen-bond donors (Lipinski definition) is 2. The monoisotopic (exact) mass is 353 g/mol. The fraction of sp³-hybridized carbons (Fsp3) is 0.250. The first-order valence-electron chi connectivity index (χ1n) is 8.61. The topological polar surface area (TPSA) is 48.1 Å². The number of aromatic amines is 1. The zero-order valence-electron chi connectivity index (χ0n) is 13.9. The molecule has 0 radical (unpaired) electrons. The maximum Gasteiger partial charge on any atom is 0.269 e. The number of para-hydroxylation sites is 2. The van der Waals surface area contributed by atoms with Crippen LogP contribution in [0.1, 0.15) is 28.9 Å². The number of benzene rings is 2. The maximum absolute atomic E-state index is 12.6. The number of hydrogen-bond acceptors (Lipinski definition) is 2. The molecule has 128 valence electrons. The number of carbonyl (C=O) groups is 1. The SMILES string of the molecule is O=C(NCc1ccccc1N1CCCC1)c1[nH]c2ccccc2c1Cl. The van der Waals surface area contributed by atoms with E-state index >= 15 is 0 Å². The molecule has 0 aliphatic carbocycles. The summed E-state index contributed by atoms with van der Waals surface area (Å²) in [4.78, 5) is 18.1. The second-order valence-electron chi connectivity index (χ2n) is 6.37. The average molecular weight is 354 g/mol. The summed E-state index contributed by atoms with van der Waals surface area (Å²) >= 11 is 6.37. The normalized spacial score (nSPS) is 14.2. The highest BCUT2D eigenvalue weighted by Gasteiger charge is 2.18. The van der Waals surface area contributed by atoms with Crippen LogP contribution in [0.15, 0.2) is 48.5 Å². The number of anilines is 1. The fourth-order valence-electron chi connectivity index (χ4n) is 3.45. The predicted octanol–water partition coefficient (Wildman–Crippen LogP) is 4.35. The Hall–Kier alpha value is -2.46. The van der Waals surface area contributed by atoms with Gasteiger partial charge in [-0.15, -0.1) is 0 Å². The molecule has 2 N–H and O–H groups in total. The first-order valence-corrected chi connectivity index (χ1v) is 8.99. The van der Waals surface area contributed by atoms with E-state index in [4.69, 9.17) is 11.6 Å². The number of carbonyl (C=O) groups excluding carboxylic acids is 1. The molecule has 0 atom stereocenters. The van der Waals surface area contributed by atoms with Crippen LogP contribution in [-0.2, 0) is 6.54 Å². The fourth-order valence-corrected chi connectivity index (χ4v) is 3.75. The highest BCUT2D eigenvalue weighted by Crippen LogP contribution is 2.28. The van der Waals surface area contributed by atoms with Gasteiger partial charge in [0.15, 0.2) is 0 Å². The molecule has 4 rings (SSSR count). The third kappa shape index (κ3) is 3.10. The first kappa shape index (κ1) is 16.0. The molecule has 1 saturated heterocycles. The van der Waals surface area contributed by atoms with Crippen LogP contribution in [-0.4, -0.2) is 24.0 Å².